The van der Waals surface area contributed by atoms with Gasteiger partial charge in [-0.15, -0.1) is 0 Å². The highest BCUT2D eigenvalue weighted by atomic mass is 16.5. The zero-order valence-corrected chi connectivity index (χ0v) is 11.4. The highest BCUT2D eigenvalue weighted by Gasteiger charge is 2.05. The largest absolute Gasteiger partial charge is 0.493 e. The molecule has 20 heavy (non-hydrogen) atoms. The number of aryl methyl sites for hydroxylation is 1. The van der Waals surface area contributed by atoms with Crippen molar-refractivity contribution in [2.75, 3.05) is 17.7 Å². The third-order valence-corrected chi connectivity index (χ3v) is 2.88. The van der Waals surface area contributed by atoms with Gasteiger partial charge >= 0.3 is 0 Å². The van der Waals surface area contributed by atoms with E-state index in [1.54, 1.807) is 6.07 Å². The molecule has 2 rings (SSSR count). The number of amides is 1. The van der Waals surface area contributed by atoms with Gasteiger partial charge < -0.3 is 15.8 Å². The Morgan fingerprint density at radius 2 is 1.95 bits per heavy atom. The Labute approximate surface area is 118 Å². The van der Waals surface area contributed by atoms with E-state index in [1.165, 1.54) is 0 Å². The van der Waals surface area contributed by atoms with Gasteiger partial charge in [-0.05, 0) is 36.8 Å². The molecule has 0 saturated heterocycles. The van der Waals surface area contributed by atoms with Crippen LogP contribution in [0.3, 0.4) is 0 Å². The maximum Gasteiger partial charge on any atom is 0.227 e. The maximum absolute atomic E-state index is 11.8. The van der Waals surface area contributed by atoms with E-state index in [4.69, 9.17) is 10.5 Å². The first-order valence-electron chi connectivity index (χ1n) is 6.49. The summed E-state index contributed by atoms with van der Waals surface area (Å²) in [5, 5.41) is 2.84. The molecule has 0 atom stereocenters. The van der Waals surface area contributed by atoms with Crippen LogP contribution in [0, 0.1) is 6.92 Å². The number of rotatable bonds is 5. The van der Waals surface area contributed by atoms with Gasteiger partial charge in [0, 0.05) is 11.4 Å². The molecule has 0 bridgehead atoms. The summed E-state index contributed by atoms with van der Waals surface area (Å²) in [6.07, 6.45) is 0.295. The SMILES string of the molecule is Cc1ccc(N)cc1NC(=O)CCOc1ccccc1. The van der Waals surface area contributed by atoms with Gasteiger partial charge in [0.2, 0.25) is 5.91 Å². The van der Waals surface area contributed by atoms with Crippen LogP contribution in [0.15, 0.2) is 48.5 Å². The summed E-state index contributed by atoms with van der Waals surface area (Å²) >= 11 is 0. The Bertz CT molecular complexity index is 582. The summed E-state index contributed by atoms with van der Waals surface area (Å²) in [6.45, 7) is 2.27. The monoisotopic (exact) mass is 270 g/mol. The van der Waals surface area contributed by atoms with E-state index in [1.807, 2.05) is 49.4 Å². The van der Waals surface area contributed by atoms with Gasteiger partial charge in [-0.2, -0.15) is 0 Å². The Morgan fingerprint density at radius 1 is 1.20 bits per heavy atom. The van der Waals surface area contributed by atoms with Crippen molar-refractivity contribution >= 4 is 17.3 Å². The van der Waals surface area contributed by atoms with Gasteiger partial charge in [-0.1, -0.05) is 24.3 Å². The Hall–Kier alpha value is -2.49. The van der Waals surface area contributed by atoms with E-state index in [0.29, 0.717) is 18.7 Å². The molecule has 1 amide bonds. The predicted octanol–water partition coefficient (Wildman–Crippen LogP) is 2.98. The summed E-state index contributed by atoms with van der Waals surface area (Å²) in [4.78, 5) is 11.8. The number of benzene rings is 2. The summed E-state index contributed by atoms with van der Waals surface area (Å²) in [6, 6.07) is 14.9. The van der Waals surface area contributed by atoms with E-state index in [0.717, 1.165) is 17.0 Å². The molecule has 0 heterocycles. The number of nitrogens with one attached hydrogen (secondary N) is 1. The summed E-state index contributed by atoms with van der Waals surface area (Å²) in [7, 11) is 0. The van der Waals surface area contributed by atoms with Crippen LogP contribution in [-0.2, 0) is 4.79 Å². The van der Waals surface area contributed by atoms with Crippen LogP contribution in [0.1, 0.15) is 12.0 Å². The molecule has 3 N–H and O–H groups in total. The number of nitrogen functional groups attached to an aromatic ring is 1. The third-order valence-electron chi connectivity index (χ3n) is 2.88. The average molecular weight is 270 g/mol. The topological polar surface area (TPSA) is 64.3 Å². The van der Waals surface area contributed by atoms with Crippen molar-refractivity contribution in [1.82, 2.24) is 0 Å². The summed E-state index contributed by atoms with van der Waals surface area (Å²) in [5.41, 5.74) is 8.06. The molecular weight excluding hydrogens is 252 g/mol. The lowest BCUT2D eigenvalue weighted by atomic mass is 10.2. The lowest BCUT2D eigenvalue weighted by molar-refractivity contribution is -0.116. The third kappa shape index (κ3) is 4.02. The maximum atomic E-state index is 11.8. The molecule has 0 saturated carbocycles. The first kappa shape index (κ1) is 13.9. The molecule has 0 unspecified atom stereocenters. The Balaban J connectivity index is 1.82. The lowest BCUT2D eigenvalue weighted by Crippen LogP contribution is -2.16. The number of hydrogen-bond acceptors (Lipinski definition) is 3. The number of nitrogens with two attached hydrogens (primary N) is 1. The van der Waals surface area contributed by atoms with E-state index in [9.17, 15) is 4.79 Å². The fourth-order valence-electron chi connectivity index (χ4n) is 1.77. The zero-order chi connectivity index (χ0) is 14.4. The van der Waals surface area contributed by atoms with Gasteiger partial charge in [-0.25, -0.2) is 0 Å². The number of carbonyl (C=O) groups is 1. The number of ether oxygens (including phenoxy) is 1. The second kappa shape index (κ2) is 6.61. The molecule has 2 aromatic rings. The molecule has 0 radical (unpaired) electrons. The van der Waals surface area contributed by atoms with Crippen LogP contribution < -0.4 is 15.8 Å². The minimum Gasteiger partial charge on any atom is -0.493 e. The molecule has 0 fully saturated rings. The normalized spacial score (nSPS) is 10.1. The number of hydrogen-bond donors (Lipinski definition) is 2. The zero-order valence-electron chi connectivity index (χ0n) is 11.4. The molecule has 4 heteroatoms. The second-order valence-corrected chi connectivity index (χ2v) is 4.53. The van der Waals surface area contributed by atoms with Gasteiger partial charge in [0.05, 0.1) is 13.0 Å². The molecule has 104 valence electrons. The van der Waals surface area contributed by atoms with Gasteiger partial charge in [0.1, 0.15) is 5.75 Å². The molecule has 2 aromatic carbocycles. The van der Waals surface area contributed by atoms with Gasteiger partial charge in [0.15, 0.2) is 0 Å². The highest BCUT2D eigenvalue weighted by Crippen LogP contribution is 2.18. The predicted molar refractivity (Wildman–Crippen MR) is 80.8 cm³/mol. The van der Waals surface area contributed by atoms with E-state index < -0.39 is 0 Å². The van der Waals surface area contributed by atoms with Crippen molar-refractivity contribution in [2.45, 2.75) is 13.3 Å². The Morgan fingerprint density at radius 3 is 2.70 bits per heavy atom. The van der Waals surface area contributed by atoms with E-state index >= 15 is 0 Å². The minimum atomic E-state index is -0.0883. The van der Waals surface area contributed by atoms with Crippen molar-refractivity contribution in [2.24, 2.45) is 0 Å². The standard InChI is InChI=1S/C16H18N2O2/c1-12-7-8-13(17)11-15(12)18-16(19)9-10-20-14-5-3-2-4-6-14/h2-8,11H,9-10,17H2,1H3,(H,18,19). The van der Waals surface area contributed by atoms with Crippen LogP contribution in [0.25, 0.3) is 0 Å². The van der Waals surface area contributed by atoms with Crippen LogP contribution in [-0.4, -0.2) is 12.5 Å². The van der Waals surface area contributed by atoms with Crippen molar-refractivity contribution in [3.05, 3.63) is 54.1 Å². The van der Waals surface area contributed by atoms with Crippen molar-refractivity contribution in [1.29, 1.82) is 0 Å². The number of carbonyl (C=O) groups excluding carboxylic acids is 1. The molecule has 4 nitrogen and oxygen atoms in total. The number of para-hydroxylation sites is 1. The van der Waals surface area contributed by atoms with Gasteiger partial charge in [-0.3, -0.25) is 4.79 Å². The molecular formula is C16H18N2O2. The summed E-state index contributed by atoms with van der Waals surface area (Å²) in [5.74, 6) is 0.676. The average Bonchev–Trinajstić information content (AvgIpc) is 2.44. The van der Waals surface area contributed by atoms with Gasteiger partial charge in [0.25, 0.3) is 0 Å². The first-order chi connectivity index (χ1) is 9.65. The number of anilines is 2. The smallest absolute Gasteiger partial charge is 0.227 e. The lowest BCUT2D eigenvalue weighted by Gasteiger charge is -2.10. The van der Waals surface area contributed by atoms with Crippen LogP contribution in [0.2, 0.25) is 0 Å². The molecule has 0 aliphatic carbocycles. The van der Waals surface area contributed by atoms with Crippen molar-refractivity contribution < 1.29 is 9.53 Å². The van der Waals surface area contributed by atoms with Crippen LogP contribution >= 0.6 is 0 Å². The molecule has 0 aromatic heterocycles. The van der Waals surface area contributed by atoms with Crippen LogP contribution in [0.5, 0.6) is 5.75 Å². The quantitative estimate of drug-likeness (QED) is 0.821. The fourth-order valence-corrected chi connectivity index (χ4v) is 1.77. The van der Waals surface area contributed by atoms with E-state index in [-0.39, 0.29) is 5.91 Å². The van der Waals surface area contributed by atoms with Crippen molar-refractivity contribution in [3.8, 4) is 5.75 Å². The Kier molecular flexibility index (Phi) is 4.60. The van der Waals surface area contributed by atoms with Crippen LogP contribution in [0.4, 0.5) is 11.4 Å². The van der Waals surface area contributed by atoms with Crippen molar-refractivity contribution in [3.63, 3.8) is 0 Å². The minimum absolute atomic E-state index is 0.0883. The highest BCUT2D eigenvalue weighted by molar-refractivity contribution is 5.92. The first-order valence-corrected chi connectivity index (χ1v) is 6.49. The molecule has 0 aliphatic heterocycles. The molecule has 0 spiro atoms. The molecule has 0 aliphatic rings. The summed E-state index contributed by atoms with van der Waals surface area (Å²) < 4.78 is 5.48. The van der Waals surface area contributed by atoms with E-state index in [2.05, 4.69) is 5.32 Å². The fraction of sp³-hybridized carbons (Fsp3) is 0.188. The second-order valence-electron chi connectivity index (χ2n) is 4.53.